The number of nitrogens with zero attached hydrogens (tertiary/aromatic N) is 5. The number of aromatic amines is 1. The minimum atomic E-state index is -0.375. The van der Waals surface area contributed by atoms with Crippen LogP contribution in [0.15, 0.2) is 47.5 Å². The third-order valence-corrected chi connectivity index (χ3v) is 4.39. The van der Waals surface area contributed by atoms with Gasteiger partial charge in [-0.2, -0.15) is 0 Å². The highest BCUT2D eigenvalue weighted by Crippen LogP contribution is 2.25. The molecule has 7 nitrogen and oxygen atoms in total. The van der Waals surface area contributed by atoms with Crippen LogP contribution in [0.1, 0.15) is 5.56 Å². The number of nitrogens with one attached hydrogen (secondary N) is 1. The first-order valence-corrected chi connectivity index (χ1v) is 8.06. The second kappa shape index (κ2) is 6.27. The zero-order chi connectivity index (χ0) is 17.4. The van der Waals surface area contributed by atoms with Gasteiger partial charge in [-0.25, -0.2) is 9.67 Å². The fourth-order valence-corrected chi connectivity index (χ4v) is 2.96. The Balaban J connectivity index is 1.86. The van der Waals surface area contributed by atoms with E-state index >= 15 is 0 Å². The summed E-state index contributed by atoms with van der Waals surface area (Å²) >= 11 is 12.4. The molecule has 4 rings (SSSR count). The van der Waals surface area contributed by atoms with Gasteiger partial charge >= 0.3 is 0 Å². The van der Waals surface area contributed by atoms with Crippen molar-refractivity contribution in [2.75, 3.05) is 0 Å². The van der Waals surface area contributed by atoms with E-state index in [1.165, 1.54) is 4.68 Å². The van der Waals surface area contributed by atoms with E-state index in [-0.39, 0.29) is 17.6 Å². The lowest BCUT2D eigenvalue weighted by Crippen LogP contribution is -2.11. The molecule has 3 heterocycles. The van der Waals surface area contributed by atoms with Gasteiger partial charge in [0, 0.05) is 33.6 Å². The predicted octanol–water partition coefficient (Wildman–Crippen LogP) is 2.93. The van der Waals surface area contributed by atoms with Crippen LogP contribution in [-0.2, 0) is 6.54 Å². The average Bonchev–Trinajstić information content (AvgIpc) is 3.02. The van der Waals surface area contributed by atoms with Crippen LogP contribution < -0.4 is 5.56 Å². The molecule has 0 saturated carbocycles. The van der Waals surface area contributed by atoms with Crippen molar-refractivity contribution in [2.24, 2.45) is 0 Å². The molecule has 1 N–H and O–H groups in total. The quantitative estimate of drug-likeness (QED) is 0.597. The van der Waals surface area contributed by atoms with Gasteiger partial charge in [-0.15, -0.1) is 5.10 Å². The molecule has 4 aromatic rings. The summed E-state index contributed by atoms with van der Waals surface area (Å²) in [4.78, 5) is 23.5. The molecule has 0 aliphatic heterocycles. The maximum absolute atomic E-state index is 12.3. The molecule has 9 heteroatoms. The standard InChI is InChI=1S/C16H10Cl2N6O/c17-11-4-1-5-12(18)10(11)8-24-15-13(22-23-24)16(25)21-14(20-15)9-3-2-6-19-7-9/h1-7H,8H2,(H,20,21,25). The molecule has 0 aliphatic rings. The van der Waals surface area contributed by atoms with Gasteiger partial charge in [0.25, 0.3) is 5.56 Å². The normalized spacial score (nSPS) is 11.1. The number of benzene rings is 1. The largest absolute Gasteiger partial charge is 0.304 e. The van der Waals surface area contributed by atoms with Crippen LogP contribution in [0.4, 0.5) is 0 Å². The molecule has 0 amide bonds. The van der Waals surface area contributed by atoms with Crippen LogP contribution in [0.25, 0.3) is 22.6 Å². The summed E-state index contributed by atoms with van der Waals surface area (Å²) in [5.41, 5.74) is 1.49. The highest BCUT2D eigenvalue weighted by atomic mass is 35.5. The number of pyridine rings is 1. The minimum absolute atomic E-state index is 0.149. The van der Waals surface area contributed by atoms with Gasteiger partial charge in [0.05, 0.1) is 6.54 Å². The lowest BCUT2D eigenvalue weighted by Gasteiger charge is -2.07. The Bertz CT molecular complexity index is 1100. The van der Waals surface area contributed by atoms with Crippen LogP contribution in [0.3, 0.4) is 0 Å². The Hall–Kier alpha value is -2.77. The van der Waals surface area contributed by atoms with Gasteiger partial charge in [0.2, 0.25) is 0 Å². The Labute approximate surface area is 151 Å². The van der Waals surface area contributed by atoms with Crippen molar-refractivity contribution >= 4 is 34.4 Å². The first-order chi connectivity index (χ1) is 12.1. The number of fused-ring (bicyclic) bond motifs is 1. The fourth-order valence-electron chi connectivity index (χ4n) is 2.45. The molecule has 0 spiro atoms. The molecule has 0 saturated heterocycles. The summed E-state index contributed by atoms with van der Waals surface area (Å²) in [6.07, 6.45) is 3.26. The lowest BCUT2D eigenvalue weighted by atomic mass is 10.2. The number of aromatic nitrogens is 6. The second-order valence-corrected chi connectivity index (χ2v) is 6.09. The van der Waals surface area contributed by atoms with Gasteiger partial charge < -0.3 is 4.98 Å². The smallest absolute Gasteiger partial charge is 0.281 e. The molecule has 3 aromatic heterocycles. The predicted molar refractivity (Wildman–Crippen MR) is 94.7 cm³/mol. The topological polar surface area (TPSA) is 89.3 Å². The van der Waals surface area contributed by atoms with Gasteiger partial charge in [-0.05, 0) is 24.3 Å². The Kier molecular flexibility index (Phi) is 3.95. The zero-order valence-electron chi connectivity index (χ0n) is 12.6. The number of hydrogen-bond acceptors (Lipinski definition) is 5. The number of rotatable bonds is 3. The second-order valence-electron chi connectivity index (χ2n) is 5.28. The molecule has 0 bridgehead atoms. The van der Waals surface area contributed by atoms with E-state index in [1.54, 1.807) is 42.7 Å². The van der Waals surface area contributed by atoms with Crippen molar-refractivity contribution in [3.05, 3.63) is 68.7 Å². The molecule has 1 aromatic carbocycles. The van der Waals surface area contributed by atoms with E-state index in [9.17, 15) is 4.79 Å². The lowest BCUT2D eigenvalue weighted by molar-refractivity contribution is 0.664. The third kappa shape index (κ3) is 2.88. The highest BCUT2D eigenvalue weighted by molar-refractivity contribution is 6.35. The summed E-state index contributed by atoms with van der Waals surface area (Å²) in [5.74, 6) is 0.388. The van der Waals surface area contributed by atoms with Crippen molar-refractivity contribution < 1.29 is 0 Å². The van der Waals surface area contributed by atoms with Gasteiger partial charge in [0.15, 0.2) is 11.2 Å². The van der Waals surface area contributed by atoms with Gasteiger partial charge in [-0.3, -0.25) is 9.78 Å². The van der Waals surface area contributed by atoms with Crippen molar-refractivity contribution in [2.45, 2.75) is 6.54 Å². The summed E-state index contributed by atoms with van der Waals surface area (Å²) in [5, 5.41) is 8.95. The Morgan fingerprint density at radius 3 is 2.64 bits per heavy atom. The molecule has 25 heavy (non-hydrogen) atoms. The number of halogens is 2. The summed E-state index contributed by atoms with van der Waals surface area (Å²) in [6.45, 7) is 0.248. The first-order valence-electron chi connectivity index (χ1n) is 7.30. The fraction of sp³-hybridized carbons (Fsp3) is 0.0625. The van der Waals surface area contributed by atoms with Crippen LogP contribution in [-0.4, -0.2) is 29.9 Å². The maximum atomic E-state index is 12.3. The molecule has 0 fully saturated rings. The van der Waals surface area contributed by atoms with E-state index in [0.717, 1.165) is 0 Å². The van der Waals surface area contributed by atoms with E-state index in [4.69, 9.17) is 23.2 Å². The van der Waals surface area contributed by atoms with Crippen molar-refractivity contribution in [3.8, 4) is 11.4 Å². The number of hydrogen-bond donors (Lipinski definition) is 1. The van der Waals surface area contributed by atoms with Crippen molar-refractivity contribution in [1.29, 1.82) is 0 Å². The van der Waals surface area contributed by atoms with E-state index in [0.29, 0.717) is 32.6 Å². The van der Waals surface area contributed by atoms with E-state index in [2.05, 4.69) is 25.3 Å². The average molecular weight is 373 g/mol. The first kappa shape index (κ1) is 15.7. The third-order valence-electron chi connectivity index (χ3n) is 3.68. The Morgan fingerprint density at radius 1 is 1.12 bits per heavy atom. The van der Waals surface area contributed by atoms with Crippen LogP contribution >= 0.6 is 23.2 Å². The zero-order valence-corrected chi connectivity index (χ0v) is 14.2. The van der Waals surface area contributed by atoms with E-state index < -0.39 is 0 Å². The molecule has 0 atom stereocenters. The molecule has 0 radical (unpaired) electrons. The molecular formula is C16H10Cl2N6O. The maximum Gasteiger partial charge on any atom is 0.281 e. The highest BCUT2D eigenvalue weighted by Gasteiger charge is 2.15. The van der Waals surface area contributed by atoms with Gasteiger partial charge in [0.1, 0.15) is 5.82 Å². The molecule has 0 unspecified atom stereocenters. The van der Waals surface area contributed by atoms with Crippen LogP contribution in [0, 0.1) is 0 Å². The van der Waals surface area contributed by atoms with Crippen molar-refractivity contribution in [3.63, 3.8) is 0 Å². The van der Waals surface area contributed by atoms with Gasteiger partial charge in [-0.1, -0.05) is 34.5 Å². The van der Waals surface area contributed by atoms with Crippen molar-refractivity contribution in [1.82, 2.24) is 29.9 Å². The molecule has 124 valence electrons. The monoisotopic (exact) mass is 372 g/mol. The van der Waals surface area contributed by atoms with E-state index in [1.807, 2.05) is 0 Å². The minimum Gasteiger partial charge on any atom is -0.304 e. The van der Waals surface area contributed by atoms with Crippen LogP contribution in [0.2, 0.25) is 10.0 Å². The molecular weight excluding hydrogens is 363 g/mol. The molecule has 0 aliphatic carbocycles. The number of H-pyrrole nitrogens is 1. The Morgan fingerprint density at radius 2 is 1.92 bits per heavy atom. The summed E-state index contributed by atoms with van der Waals surface area (Å²) < 4.78 is 1.50. The summed E-state index contributed by atoms with van der Waals surface area (Å²) in [7, 11) is 0. The SMILES string of the molecule is O=c1[nH]c(-c2cccnc2)nc2c1nnn2Cc1c(Cl)cccc1Cl. The van der Waals surface area contributed by atoms with Crippen LogP contribution in [0.5, 0.6) is 0 Å². The summed E-state index contributed by atoms with van der Waals surface area (Å²) in [6, 6.07) is 8.80.